The first kappa shape index (κ1) is 15.9. The van der Waals surface area contributed by atoms with Gasteiger partial charge in [-0.1, -0.05) is 0 Å². The molecule has 2 aliphatic rings. The van der Waals surface area contributed by atoms with Gasteiger partial charge in [-0.2, -0.15) is 0 Å². The van der Waals surface area contributed by atoms with Crippen molar-refractivity contribution in [1.29, 1.82) is 0 Å². The van der Waals surface area contributed by atoms with Gasteiger partial charge in [0.15, 0.2) is 5.79 Å². The molecule has 25 heavy (non-hydrogen) atoms. The van der Waals surface area contributed by atoms with Crippen LogP contribution in [-0.4, -0.2) is 63.2 Å². The van der Waals surface area contributed by atoms with Gasteiger partial charge in [-0.3, -0.25) is 0 Å². The van der Waals surface area contributed by atoms with Crippen LogP contribution in [0.4, 0.5) is 14.9 Å². The van der Waals surface area contributed by atoms with E-state index in [0.717, 1.165) is 0 Å². The molecular weight excluding hydrogens is 331 g/mol. The number of ether oxygens (including phenoxy) is 2. The van der Waals surface area contributed by atoms with Crippen molar-refractivity contribution < 1.29 is 18.7 Å². The van der Waals surface area contributed by atoms with Gasteiger partial charge in [-0.15, -0.1) is 5.10 Å². The second kappa shape index (κ2) is 6.37. The van der Waals surface area contributed by atoms with Crippen LogP contribution in [0.15, 0.2) is 24.5 Å². The van der Waals surface area contributed by atoms with Crippen molar-refractivity contribution in [3.8, 4) is 5.69 Å². The first-order valence-corrected chi connectivity index (χ1v) is 8.02. The van der Waals surface area contributed by atoms with E-state index >= 15 is 0 Å². The highest BCUT2D eigenvalue weighted by atomic mass is 19.1. The standard InChI is InChI=1S/C15H17FN6O3/c16-12-2-1-11(22-10-17-19-20-22)9-13(12)18-14(23)21-5-3-15(4-6-21)24-7-8-25-15/h1-2,9-10H,3-8H2,(H,18,23). The van der Waals surface area contributed by atoms with E-state index in [9.17, 15) is 9.18 Å². The maximum atomic E-state index is 14.0. The van der Waals surface area contributed by atoms with Crippen LogP contribution in [0.25, 0.3) is 5.69 Å². The van der Waals surface area contributed by atoms with E-state index in [1.54, 1.807) is 4.90 Å². The van der Waals surface area contributed by atoms with Gasteiger partial charge in [0, 0.05) is 25.9 Å². The first-order valence-electron chi connectivity index (χ1n) is 8.02. The Labute approximate surface area is 142 Å². The van der Waals surface area contributed by atoms with Crippen molar-refractivity contribution in [2.24, 2.45) is 0 Å². The number of anilines is 1. The summed E-state index contributed by atoms with van der Waals surface area (Å²) in [4.78, 5) is 14.1. The maximum Gasteiger partial charge on any atom is 0.321 e. The van der Waals surface area contributed by atoms with Crippen LogP contribution in [0.3, 0.4) is 0 Å². The minimum atomic E-state index is -0.554. The number of piperidine rings is 1. The van der Waals surface area contributed by atoms with Crippen molar-refractivity contribution in [2.45, 2.75) is 18.6 Å². The summed E-state index contributed by atoms with van der Waals surface area (Å²) in [6.07, 6.45) is 2.60. The lowest BCUT2D eigenvalue weighted by Gasteiger charge is -2.37. The Morgan fingerprint density at radius 1 is 1.24 bits per heavy atom. The van der Waals surface area contributed by atoms with E-state index in [2.05, 4.69) is 20.8 Å². The molecule has 2 fully saturated rings. The summed E-state index contributed by atoms with van der Waals surface area (Å²) in [5.41, 5.74) is 0.624. The van der Waals surface area contributed by atoms with E-state index in [0.29, 0.717) is 44.8 Å². The molecule has 2 amide bonds. The number of rotatable bonds is 2. The van der Waals surface area contributed by atoms with Crippen molar-refractivity contribution in [1.82, 2.24) is 25.1 Å². The minimum absolute atomic E-state index is 0.0756. The number of halogens is 1. The van der Waals surface area contributed by atoms with Crippen molar-refractivity contribution in [2.75, 3.05) is 31.6 Å². The molecule has 1 N–H and O–H groups in total. The molecule has 1 spiro atoms. The molecular formula is C15H17FN6O3. The lowest BCUT2D eigenvalue weighted by Crippen LogP contribution is -2.48. The smallest absolute Gasteiger partial charge is 0.321 e. The predicted molar refractivity (Wildman–Crippen MR) is 83.6 cm³/mol. The molecule has 0 bridgehead atoms. The second-order valence-corrected chi connectivity index (χ2v) is 5.94. The summed E-state index contributed by atoms with van der Waals surface area (Å²) in [5.74, 6) is -1.08. The number of tetrazole rings is 1. The predicted octanol–water partition coefficient (Wildman–Crippen LogP) is 1.17. The molecule has 1 aromatic heterocycles. The number of nitrogens with one attached hydrogen (secondary N) is 1. The lowest BCUT2D eigenvalue weighted by molar-refractivity contribution is -0.181. The third kappa shape index (κ3) is 3.17. The first-order chi connectivity index (χ1) is 12.2. The Morgan fingerprint density at radius 3 is 2.68 bits per heavy atom. The molecule has 0 atom stereocenters. The Balaban J connectivity index is 1.43. The van der Waals surface area contributed by atoms with Crippen molar-refractivity contribution >= 4 is 11.7 Å². The third-order valence-electron chi connectivity index (χ3n) is 4.43. The summed E-state index contributed by atoms with van der Waals surface area (Å²) in [5, 5.41) is 13.4. The Kier molecular flexibility index (Phi) is 4.06. The van der Waals surface area contributed by atoms with E-state index in [-0.39, 0.29) is 11.7 Å². The summed E-state index contributed by atoms with van der Waals surface area (Å²) < 4.78 is 26.7. The molecule has 2 aliphatic heterocycles. The largest absolute Gasteiger partial charge is 0.347 e. The van der Waals surface area contributed by atoms with Crippen LogP contribution in [0.5, 0.6) is 0 Å². The monoisotopic (exact) mass is 348 g/mol. The van der Waals surface area contributed by atoms with Gasteiger partial charge in [0.1, 0.15) is 12.1 Å². The Bertz CT molecular complexity index is 753. The van der Waals surface area contributed by atoms with Gasteiger partial charge in [-0.05, 0) is 28.6 Å². The van der Waals surface area contributed by atoms with E-state index in [4.69, 9.17) is 9.47 Å². The number of carbonyl (C=O) groups is 1. The van der Waals surface area contributed by atoms with Gasteiger partial charge < -0.3 is 19.7 Å². The third-order valence-corrected chi connectivity index (χ3v) is 4.43. The van der Waals surface area contributed by atoms with Gasteiger partial charge in [0.2, 0.25) is 0 Å². The highest BCUT2D eigenvalue weighted by molar-refractivity contribution is 5.89. The van der Waals surface area contributed by atoms with Gasteiger partial charge in [0.25, 0.3) is 0 Å². The number of likely N-dealkylation sites (tertiary alicyclic amines) is 1. The number of hydrogen-bond donors (Lipinski definition) is 1. The van der Waals surface area contributed by atoms with Crippen LogP contribution >= 0.6 is 0 Å². The van der Waals surface area contributed by atoms with Crippen molar-refractivity contribution in [3.63, 3.8) is 0 Å². The number of aromatic nitrogens is 4. The molecule has 3 heterocycles. The maximum absolute atomic E-state index is 14.0. The minimum Gasteiger partial charge on any atom is -0.347 e. The van der Waals surface area contributed by atoms with Gasteiger partial charge in [0.05, 0.1) is 24.6 Å². The van der Waals surface area contributed by atoms with Crippen molar-refractivity contribution in [3.05, 3.63) is 30.3 Å². The van der Waals surface area contributed by atoms with Crippen LogP contribution in [-0.2, 0) is 9.47 Å². The number of carbonyl (C=O) groups excluding carboxylic acids is 1. The van der Waals surface area contributed by atoms with Gasteiger partial charge >= 0.3 is 6.03 Å². The van der Waals surface area contributed by atoms with Crippen LogP contribution in [0, 0.1) is 5.82 Å². The number of amides is 2. The second-order valence-electron chi connectivity index (χ2n) is 5.94. The SMILES string of the molecule is O=C(Nc1cc(-n2cnnn2)ccc1F)N1CCC2(CC1)OCCO2. The van der Waals surface area contributed by atoms with E-state index < -0.39 is 11.6 Å². The quantitative estimate of drug-likeness (QED) is 0.876. The topological polar surface area (TPSA) is 94.4 Å². The zero-order valence-electron chi connectivity index (χ0n) is 13.4. The fourth-order valence-electron chi connectivity index (χ4n) is 3.06. The molecule has 0 aliphatic carbocycles. The zero-order chi connectivity index (χ0) is 17.3. The fourth-order valence-corrected chi connectivity index (χ4v) is 3.06. The summed E-state index contributed by atoms with van der Waals surface area (Å²) in [7, 11) is 0. The lowest BCUT2D eigenvalue weighted by atomic mass is 10.0. The Hall–Kier alpha value is -2.59. The number of hydrogen-bond acceptors (Lipinski definition) is 6. The summed E-state index contributed by atoms with van der Waals surface area (Å²) in [6.45, 7) is 2.14. The molecule has 9 nitrogen and oxygen atoms in total. The molecule has 0 saturated carbocycles. The molecule has 2 saturated heterocycles. The fraction of sp³-hybridized carbons (Fsp3) is 0.467. The average Bonchev–Trinajstić information content (AvgIpc) is 3.30. The Morgan fingerprint density at radius 2 is 2.00 bits per heavy atom. The molecule has 0 unspecified atom stereocenters. The normalized spacial score (nSPS) is 19.3. The zero-order valence-corrected chi connectivity index (χ0v) is 13.4. The van der Waals surface area contributed by atoms with Gasteiger partial charge in [-0.25, -0.2) is 13.9 Å². The summed E-state index contributed by atoms with van der Waals surface area (Å²) in [6, 6.07) is 3.91. The van der Waals surface area contributed by atoms with E-state index in [1.165, 1.54) is 29.2 Å². The molecule has 132 valence electrons. The van der Waals surface area contributed by atoms with Crippen LogP contribution < -0.4 is 5.32 Å². The summed E-state index contributed by atoms with van der Waals surface area (Å²) >= 11 is 0. The average molecular weight is 348 g/mol. The molecule has 0 radical (unpaired) electrons. The molecule has 4 rings (SSSR count). The number of urea groups is 1. The highest BCUT2D eigenvalue weighted by Gasteiger charge is 2.40. The number of nitrogens with zero attached hydrogens (tertiary/aromatic N) is 5. The molecule has 10 heteroatoms. The van der Waals surface area contributed by atoms with Crippen LogP contribution in [0.2, 0.25) is 0 Å². The van der Waals surface area contributed by atoms with E-state index in [1.807, 2.05) is 0 Å². The highest BCUT2D eigenvalue weighted by Crippen LogP contribution is 2.31. The molecule has 1 aromatic carbocycles. The molecule has 2 aromatic rings. The van der Waals surface area contributed by atoms with Crippen LogP contribution in [0.1, 0.15) is 12.8 Å². The number of benzene rings is 1.